The maximum absolute atomic E-state index is 7.91. The summed E-state index contributed by atoms with van der Waals surface area (Å²) >= 11 is 0. The summed E-state index contributed by atoms with van der Waals surface area (Å²) in [6.07, 6.45) is 10.6. The van der Waals surface area contributed by atoms with Crippen molar-refractivity contribution in [3.63, 3.8) is 0 Å². The van der Waals surface area contributed by atoms with Crippen LogP contribution in [0.4, 0.5) is 0 Å². The Morgan fingerprint density at radius 3 is 2.05 bits per heavy atom. The van der Waals surface area contributed by atoms with Crippen LogP contribution in [0.15, 0.2) is 47.4 Å². The van der Waals surface area contributed by atoms with Crippen molar-refractivity contribution in [1.29, 1.82) is 5.41 Å². The van der Waals surface area contributed by atoms with E-state index in [-0.39, 0.29) is 5.84 Å². The highest BCUT2D eigenvalue weighted by atomic mass is 15.0. The summed E-state index contributed by atoms with van der Waals surface area (Å²) < 4.78 is 0. The van der Waals surface area contributed by atoms with Gasteiger partial charge in [-0.3, -0.25) is 5.41 Å². The Bertz CT molecular complexity index is 604. The van der Waals surface area contributed by atoms with Gasteiger partial charge in [0.05, 0.1) is 11.1 Å². The second-order valence-corrected chi connectivity index (χ2v) is 3.43. The molecule has 0 atom stereocenters. The van der Waals surface area contributed by atoms with E-state index in [1.165, 1.54) is 25.0 Å². The maximum Gasteiger partial charge on any atom is 0.164 e. The van der Waals surface area contributed by atoms with Gasteiger partial charge in [0.15, 0.2) is 11.7 Å². The molecule has 0 amide bonds. The van der Waals surface area contributed by atoms with Crippen molar-refractivity contribution in [2.24, 2.45) is 9.98 Å². The highest BCUT2D eigenvalue weighted by Crippen LogP contribution is 2.03. The fraction of sp³-hybridized carbons (Fsp3) is 0.0833. The van der Waals surface area contributed by atoms with E-state index in [1.54, 1.807) is 25.5 Å². The van der Waals surface area contributed by atoms with Gasteiger partial charge < -0.3 is 0 Å². The van der Waals surface area contributed by atoms with Crippen LogP contribution in [0.25, 0.3) is 0 Å². The summed E-state index contributed by atoms with van der Waals surface area (Å²) in [4.78, 5) is 23.8. The molecule has 1 N–H and O–H groups in total. The molecule has 2 aromatic rings. The van der Waals surface area contributed by atoms with Gasteiger partial charge in [0.2, 0.25) is 0 Å². The number of aliphatic imine (C=N–C) groups is 2. The second-order valence-electron chi connectivity index (χ2n) is 3.43. The van der Waals surface area contributed by atoms with E-state index in [0.717, 1.165) is 0 Å². The third kappa shape index (κ3) is 3.32. The highest BCUT2D eigenvalue weighted by Gasteiger charge is 2.05. The lowest BCUT2D eigenvalue weighted by Gasteiger charge is -2.01. The zero-order valence-corrected chi connectivity index (χ0v) is 10.2. The zero-order chi connectivity index (χ0) is 13.5. The van der Waals surface area contributed by atoms with Gasteiger partial charge >= 0.3 is 0 Å². The molecular formula is C12H11N7. The van der Waals surface area contributed by atoms with Crippen LogP contribution < -0.4 is 0 Å². The monoisotopic (exact) mass is 253 g/mol. The molecule has 0 fully saturated rings. The molecule has 0 spiro atoms. The second kappa shape index (κ2) is 6.20. The van der Waals surface area contributed by atoms with E-state index in [4.69, 9.17) is 5.41 Å². The van der Waals surface area contributed by atoms with Crippen LogP contribution >= 0.6 is 0 Å². The fourth-order valence-electron chi connectivity index (χ4n) is 1.30. The van der Waals surface area contributed by atoms with E-state index in [9.17, 15) is 0 Å². The number of amidine groups is 2. The summed E-state index contributed by atoms with van der Waals surface area (Å²) in [6.45, 7) is 1.77. The van der Waals surface area contributed by atoms with E-state index in [0.29, 0.717) is 17.0 Å². The standard InChI is InChI=1S/C12H11N7/c1-2-18-12(10-5-16-8-17-6-10)19-11(13)9-3-14-7-15-4-9/h2-8,13H,1H3. The Morgan fingerprint density at radius 1 is 1.00 bits per heavy atom. The predicted molar refractivity (Wildman–Crippen MR) is 71.6 cm³/mol. The Hall–Kier alpha value is -2.83. The molecule has 94 valence electrons. The van der Waals surface area contributed by atoms with Crippen LogP contribution in [0.2, 0.25) is 0 Å². The number of aromatic nitrogens is 4. The first-order valence-electron chi connectivity index (χ1n) is 5.48. The molecule has 2 aromatic heterocycles. The van der Waals surface area contributed by atoms with Gasteiger partial charge in [0.1, 0.15) is 12.7 Å². The lowest BCUT2D eigenvalue weighted by atomic mass is 10.3. The molecule has 0 bridgehead atoms. The third-order valence-electron chi connectivity index (χ3n) is 2.12. The van der Waals surface area contributed by atoms with E-state index >= 15 is 0 Å². The molecular weight excluding hydrogens is 242 g/mol. The van der Waals surface area contributed by atoms with E-state index in [1.807, 2.05) is 0 Å². The van der Waals surface area contributed by atoms with Crippen molar-refractivity contribution >= 4 is 17.9 Å². The molecule has 19 heavy (non-hydrogen) atoms. The Balaban J connectivity index is 2.35. The van der Waals surface area contributed by atoms with Crippen molar-refractivity contribution in [2.45, 2.75) is 6.92 Å². The molecule has 0 aliphatic rings. The van der Waals surface area contributed by atoms with Gasteiger partial charge in [-0.2, -0.15) is 0 Å². The lowest BCUT2D eigenvalue weighted by Crippen LogP contribution is -2.05. The normalized spacial score (nSPS) is 11.7. The van der Waals surface area contributed by atoms with Gasteiger partial charge in [-0.15, -0.1) is 0 Å². The summed E-state index contributed by atoms with van der Waals surface area (Å²) in [5.74, 6) is 0.405. The van der Waals surface area contributed by atoms with Crippen LogP contribution in [-0.2, 0) is 0 Å². The molecule has 0 aromatic carbocycles. The summed E-state index contributed by atoms with van der Waals surface area (Å²) in [5.41, 5.74) is 1.16. The minimum atomic E-state index is 0.0325. The van der Waals surface area contributed by atoms with Crippen molar-refractivity contribution in [2.75, 3.05) is 0 Å². The molecule has 0 saturated heterocycles. The predicted octanol–water partition coefficient (Wildman–Crippen LogP) is 1.13. The molecule has 2 rings (SSSR count). The Labute approximate surface area is 109 Å². The summed E-state index contributed by atoms with van der Waals surface area (Å²) in [5, 5.41) is 7.91. The first-order chi connectivity index (χ1) is 9.31. The van der Waals surface area contributed by atoms with Crippen LogP contribution in [0.3, 0.4) is 0 Å². The number of nitrogens with zero attached hydrogens (tertiary/aromatic N) is 6. The van der Waals surface area contributed by atoms with Gasteiger partial charge in [-0.1, -0.05) is 0 Å². The number of hydrogen-bond donors (Lipinski definition) is 1. The minimum Gasteiger partial charge on any atom is -0.282 e. The minimum absolute atomic E-state index is 0.0325. The Kier molecular flexibility index (Phi) is 4.12. The first-order valence-corrected chi connectivity index (χ1v) is 5.48. The van der Waals surface area contributed by atoms with Gasteiger partial charge in [-0.25, -0.2) is 29.9 Å². The average molecular weight is 253 g/mol. The van der Waals surface area contributed by atoms with Crippen LogP contribution in [0.5, 0.6) is 0 Å². The van der Waals surface area contributed by atoms with Crippen molar-refractivity contribution in [3.8, 4) is 0 Å². The number of hydrogen-bond acceptors (Lipinski definition) is 5. The smallest absolute Gasteiger partial charge is 0.164 e. The molecule has 0 unspecified atom stereocenters. The quantitative estimate of drug-likeness (QED) is 0.640. The molecule has 0 aliphatic carbocycles. The third-order valence-corrected chi connectivity index (χ3v) is 2.12. The van der Waals surface area contributed by atoms with Crippen LogP contribution in [0, 0.1) is 5.41 Å². The van der Waals surface area contributed by atoms with Crippen molar-refractivity contribution < 1.29 is 0 Å². The highest BCUT2D eigenvalue weighted by molar-refractivity contribution is 6.11. The fourth-order valence-corrected chi connectivity index (χ4v) is 1.30. The molecule has 0 saturated carbocycles. The Morgan fingerprint density at radius 2 is 1.53 bits per heavy atom. The maximum atomic E-state index is 7.91. The summed E-state index contributed by atoms with van der Waals surface area (Å²) in [7, 11) is 0. The number of rotatable bonds is 2. The number of nitrogens with one attached hydrogen (secondary N) is 1. The topological polar surface area (TPSA) is 100 Å². The van der Waals surface area contributed by atoms with Gasteiger partial charge in [-0.05, 0) is 6.92 Å². The van der Waals surface area contributed by atoms with Gasteiger partial charge in [0.25, 0.3) is 0 Å². The average Bonchev–Trinajstić information content (AvgIpc) is 2.48. The van der Waals surface area contributed by atoms with Crippen LogP contribution in [-0.4, -0.2) is 37.8 Å². The molecule has 0 aliphatic heterocycles. The zero-order valence-electron chi connectivity index (χ0n) is 10.2. The van der Waals surface area contributed by atoms with E-state index < -0.39 is 0 Å². The summed E-state index contributed by atoms with van der Waals surface area (Å²) in [6, 6.07) is 0. The van der Waals surface area contributed by atoms with Crippen molar-refractivity contribution in [3.05, 3.63) is 48.6 Å². The lowest BCUT2D eigenvalue weighted by molar-refractivity contribution is 1.15. The first kappa shape index (κ1) is 12.6. The largest absolute Gasteiger partial charge is 0.282 e. The van der Waals surface area contributed by atoms with Crippen molar-refractivity contribution in [1.82, 2.24) is 19.9 Å². The molecule has 7 heteroatoms. The molecule has 7 nitrogen and oxygen atoms in total. The van der Waals surface area contributed by atoms with Crippen LogP contribution in [0.1, 0.15) is 18.1 Å². The van der Waals surface area contributed by atoms with Gasteiger partial charge in [0, 0.05) is 31.0 Å². The molecule has 2 heterocycles. The molecule has 0 radical (unpaired) electrons. The van der Waals surface area contributed by atoms with E-state index in [2.05, 4.69) is 29.9 Å². The SMILES string of the molecule is CC=NC(=NC(=N)c1cncnc1)c1cncnc1.